The SMILES string of the molecule is CC1CNCCC1c1cn2c3c(ncc2n1)CC=C3C1CCOCC1. The van der Waals surface area contributed by atoms with Crippen molar-refractivity contribution in [2.45, 2.75) is 38.5 Å². The lowest BCUT2D eigenvalue weighted by Gasteiger charge is -2.28. The van der Waals surface area contributed by atoms with Crippen molar-refractivity contribution in [1.29, 1.82) is 0 Å². The van der Waals surface area contributed by atoms with Crippen molar-refractivity contribution in [2.24, 2.45) is 11.8 Å². The largest absolute Gasteiger partial charge is 0.381 e. The minimum atomic E-state index is 0.550. The number of hydrogen-bond acceptors (Lipinski definition) is 4. The van der Waals surface area contributed by atoms with E-state index in [4.69, 9.17) is 14.7 Å². The molecule has 132 valence electrons. The van der Waals surface area contributed by atoms with E-state index < -0.39 is 0 Å². The second-order valence-corrected chi connectivity index (χ2v) is 7.77. The Balaban J connectivity index is 1.56. The molecule has 5 heteroatoms. The van der Waals surface area contributed by atoms with Crippen molar-refractivity contribution in [3.8, 4) is 0 Å². The van der Waals surface area contributed by atoms with Crippen molar-refractivity contribution < 1.29 is 4.74 Å². The number of fused-ring (bicyclic) bond motifs is 3. The Hall–Kier alpha value is -1.72. The molecule has 0 spiro atoms. The summed E-state index contributed by atoms with van der Waals surface area (Å²) >= 11 is 0. The number of piperidine rings is 1. The molecule has 0 radical (unpaired) electrons. The maximum atomic E-state index is 5.56. The first-order valence-electron chi connectivity index (χ1n) is 9.67. The van der Waals surface area contributed by atoms with E-state index in [2.05, 4.69) is 28.9 Å². The fraction of sp³-hybridized carbons (Fsp3) is 0.600. The number of nitrogens with zero attached hydrogens (tertiary/aromatic N) is 3. The second kappa shape index (κ2) is 6.22. The highest BCUT2D eigenvalue weighted by Crippen LogP contribution is 2.38. The zero-order valence-corrected chi connectivity index (χ0v) is 14.9. The topological polar surface area (TPSA) is 51.5 Å². The van der Waals surface area contributed by atoms with E-state index in [1.165, 1.54) is 29.1 Å². The Morgan fingerprint density at radius 3 is 2.96 bits per heavy atom. The lowest BCUT2D eigenvalue weighted by Crippen LogP contribution is -2.33. The summed E-state index contributed by atoms with van der Waals surface area (Å²) in [4.78, 5) is 9.70. The van der Waals surface area contributed by atoms with E-state index in [9.17, 15) is 0 Å². The Kier molecular flexibility index (Phi) is 3.86. The number of rotatable bonds is 2. The normalized spacial score (nSPS) is 27.5. The molecule has 0 amide bonds. The molecular weight excluding hydrogens is 312 g/mol. The van der Waals surface area contributed by atoms with Crippen LogP contribution in [0.4, 0.5) is 0 Å². The highest BCUT2D eigenvalue weighted by Gasteiger charge is 2.29. The third kappa shape index (κ3) is 2.61. The monoisotopic (exact) mass is 338 g/mol. The molecule has 2 unspecified atom stereocenters. The molecule has 5 nitrogen and oxygen atoms in total. The number of nitrogens with one attached hydrogen (secondary N) is 1. The number of allylic oxidation sites excluding steroid dienone is 2. The Morgan fingerprint density at radius 2 is 2.12 bits per heavy atom. The molecule has 25 heavy (non-hydrogen) atoms. The second-order valence-electron chi connectivity index (χ2n) is 7.77. The van der Waals surface area contributed by atoms with Gasteiger partial charge in [0.25, 0.3) is 0 Å². The Labute approximate surface area is 148 Å². The molecular formula is C20H26N4O. The maximum Gasteiger partial charge on any atom is 0.156 e. The summed E-state index contributed by atoms with van der Waals surface area (Å²) < 4.78 is 7.88. The van der Waals surface area contributed by atoms with Crippen molar-refractivity contribution in [3.05, 3.63) is 35.6 Å². The standard InChI is InChI=1S/C20H26N4O/c1-13-10-21-7-4-15(13)18-12-24-19(23-18)11-22-17-3-2-16(20(17)24)14-5-8-25-9-6-14/h2,11-15,21H,3-10H2,1H3. The number of aromatic nitrogens is 3. The summed E-state index contributed by atoms with van der Waals surface area (Å²) in [6, 6.07) is 0. The average molecular weight is 338 g/mol. The highest BCUT2D eigenvalue weighted by molar-refractivity contribution is 5.73. The van der Waals surface area contributed by atoms with Crippen LogP contribution in [-0.2, 0) is 11.2 Å². The summed E-state index contributed by atoms with van der Waals surface area (Å²) in [6.07, 6.45) is 11.0. The maximum absolute atomic E-state index is 5.56. The lowest BCUT2D eigenvalue weighted by molar-refractivity contribution is 0.0807. The van der Waals surface area contributed by atoms with Gasteiger partial charge in [0.2, 0.25) is 0 Å². The first-order valence-corrected chi connectivity index (χ1v) is 9.67. The van der Waals surface area contributed by atoms with Gasteiger partial charge in [0.15, 0.2) is 5.65 Å². The molecule has 2 atom stereocenters. The molecule has 5 rings (SSSR count). The van der Waals surface area contributed by atoms with Crippen LogP contribution in [0, 0.1) is 11.8 Å². The average Bonchev–Trinajstić information content (AvgIpc) is 3.26. The van der Waals surface area contributed by atoms with Crippen LogP contribution < -0.4 is 5.32 Å². The van der Waals surface area contributed by atoms with Gasteiger partial charge in [-0.3, -0.25) is 9.38 Å². The van der Waals surface area contributed by atoms with Gasteiger partial charge < -0.3 is 10.1 Å². The van der Waals surface area contributed by atoms with Crippen LogP contribution in [0.5, 0.6) is 0 Å². The zero-order chi connectivity index (χ0) is 16.8. The number of imidazole rings is 1. The van der Waals surface area contributed by atoms with E-state index in [1.54, 1.807) is 0 Å². The van der Waals surface area contributed by atoms with E-state index in [1.807, 2.05) is 6.20 Å². The van der Waals surface area contributed by atoms with Crippen LogP contribution in [0.3, 0.4) is 0 Å². The van der Waals surface area contributed by atoms with Gasteiger partial charge in [-0.05, 0) is 49.8 Å². The first kappa shape index (κ1) is 15.5. The van der Waals surface area contributed by atoms with Crippen LogP contribution in [0.2, 0.25) is 0 Å². The predicted octanol–water partition coefficient (Wildman–Crippen LogP) is 2.81. The molecule has 3 aliphatic rings. The van der Waals surface area contributed by atoms with E-state index in [-0.39, 0.29) is 0 Å². The number of hydrogen-bond donors (Lipinski definition) is 1. The van der Waals surface area contributed by atoms with E-state index in [0.717, 1.165) is 51.2 Å². The van der Waals surface area contributed by atoms with Gasteiger partial charge in [-0.25, -0.2) is 4.98 Å². The fourth-order valence-corrected chi connectivity index (χ4v) is 4.78. The molecule has 2 aliphatic heterocycles. The summed E-state index contributed by atoms with van der Waals surface area (Å²) in [7, 11) is 0. The van der Waals surface area contributed by atoms with Crippen molar-refractivity contribution >= 4 is 11.2 Å². The van der Waals surface area contributed by atoms with Crippen LogP contribution in [0.25, 0.3) is 11.2 Å². The smallest absolute Gasteiger partial charge is 0.156 e. The van der Waals surface area contributed by atoms with Gasteiger partial charge in [-0.15, -0.1) is 0 Å². The van der Waals surface area contributed by atoms with Gasteiger partial charge in [0.05, 0.1) is 23.3 Å². The van der Waals surface area contributed by atoms with Crippen LogP contribution >= 0.6 is 0 Å². The first-order chi connectivity index (χ1) is 12.3. The lowest BCUT2D eigenvalue weighted by atomic mass is 9.86. The quantitative estimate of drug-likeness (QED) is 0.915. The van der Waals surface area contributed by atoms with Gasteiger partial charge >= 0.3 is 0 Å². The van der Waals surface area contributed by atoms with Gasteiger partial charge in [-0.2, -0.15) is 0 Å². The third-order valence-electron chi connectivity index (χ3n) is 6.22. The summed E-state index contributed by atoms with van der Waals surface area (Å²) in [6.45, 7) is 6.26. The van der Waals surface area contributed by atoms with Gasteiger partial charge in [0, 0.05) is 31.7 Å². The molecule has 1 N–H and O–H groups in total. The van der Waals surface area contributed by atoms with Crippen molar-refractivity contribution in [3.63, 3.8) is 0 Å². The Morgan fingerprint density at radius 1 is 1.24 bits per heavy atom. The molecule has 0 bridgehead atoms. The van der Waals surface area contributed by atoms with E-state index >= 15 is 0 Å². The third-order valence-corrected chi connectivity index (χ3v) is 6.22. The summed E-state index contributed by atoms with van der Waals surface area (Å²) in [5, 5.41) is 3.49. The zero-order valence-electron chi connectivity index (χ0n) is 14.9. The van der Waals surface area contributed by atoms with E-state index in [0.29, 0.717) is 17.8 Å². The van der Waals surface area contributed by atoms with Crippen LogP contribution in [0.15, 0.2) is 18.5 Å². The van der Waals surface area contributed by atoms with Gasteiger partial charge in [0.1, 0.15) is 0 Å². The van der Waals surface area contributed by atoms with Crippen LogP contribution in [-0.4, -0.2) is 40.7 Å². The van der Waals surface area contributed by atoms with Crippen molar-refractivity contribution in [1.82, 2.24) is 19.7 Å². The molecule has 2 aromatic rings. The molecule has 2 saturated heterocycles. The highest BCUT2D eigenvalue weighted by atomic mass is 16.5. The minimum Gasteiger partial charge on any atom is -0.381 e. The summed E-state index contributed by atoms with van der Waals surface area (Å²) in [5.74, 6) is 1.78. The van der Waals surface area contributed by atoms with Crippen LogP contribution in [0.1, 0.15) is 49.2 Å². The summed E-state index contributed by atoms with van der Waals surface area (Å²) in [5.41, 5.74) is 6.22. The minimum absolute atomic E-state index is 0.550. The predicted molar refractivity (Wildman–Crippen MR) is 97.6 cm³/mol. The van der Waals surface area contributed by atoms with Crippen molar-refractivity contribution in [2.75, 3.05) is 26.3 Å². The Bertz CT molecular complexity index is 818. The molecule has 0 saturated carbocycles. The number of ether oxygens (including phenoxy) is 1. The molecule has 2 aromatic heterocycles. The fourth-order valence-electron chi connectivity index (χ4n) is 4.78. The molecule has 0 aromatic carbocycles. The molecule has 1 aliphatic carbocycles. The van der Waals surface area contributed by atoms with Gasteiger partial charge in [-0.1, -0.05) is 13.0 Å². The molecule has 4 heterocycles. The molecule has 2 fully saturated rings.